The van der Waals surface area contributed by atoms with Crippen molar-refractivity contribution in [3.63, 3.8) is 0 Å². The lowest BCUT2D eigenvalue weighted by Crippen LogP contribution is -2.05. The standard InChI is InChI=1S/C15H14N2O/c16-15(18)11-8-12-6-9-14(10-7-12)17-13-4-2-1-3-5-13/h1-11,17H,(H2,16,18). The van der Waals surface area contributed by atoms with Crippen LogP contribution in [0, 0.1) is 0 Å². The van der Waals surface area contributed by atoms with Gasteiger partial charge >= 0.3 is 0 Å². The molecule has 18 heavy (non-hydrogen) atoms. The SMILES string of the molecule is NC(=O)C=Cc1ccc(Nc2ccccc2)cc1. The van der Waals surface area contributed by atoms with Gasteiger partial charge in [-0.2, -0.15) is 0 Å². The molecule has 0 aromatic heterocycles. The number of amides is 1. The average Bonchev–Trinajstić information content (AvgIpc) is 2.39. The normalized spacial score (nSPS) is 10.4. The summed E-state index contributed by atoms with van der Waals surface area (Å²) in [7, 11) is 0. The van der Waals surface area contributed by atoms with Crippen LogP contribution >= 0.6 is 0 Å². The van der Waals surface area contributed by atoms with Gasteiger partial charge in [-0.1, -0.05) is 30.3 Å². The molecular weight excluding hydrogens is 224 g/mol. The van der Waals surface area contributed by atoms with Crippen LogP contribution in [0.2, 0.25) is 0 Å². The Morgan fingerprint density at radius 2 is 1.56 bits per heavy atom. The molecule has 3 N–H and O–H groups in total. The van der Waals surface area contributed by atoms with Gasteiger partial charge in [-0.25, -0.2) is 0 Å². The maximum atomic E-state index is 10.6. The Morgan fingerprint density at radius 1 is 0.944 bits per heavy atom. The fourth-order valence-corrected chi connectivity index (χ4v) is 1.54. The summed E-state index contributed by atoms with van der Waals surface area (Å²) >= 11 is 0. The molecule has 2 rings (SSSR count). The minimum absolute atomic E-state index is 0.443. The van der Waals surface area contributed by atoms with Gasteiger partial charge in [0, 0.05) is 17.5 Å². The highest BCUT2D eigenvalue weighted by molar-refractivity contribution is 5.90. The second kappa shape index (κ2) is 5.68. The van der Waals surface area contributed by atoms with E-state index in [1.165, 1.54) is 6.08 Å². The Kier molecular flexibility index (Phi) is 3.76. The Balaban J connectivity index is 2.06. The number of primary amides is 1. The van der Waals surface area contributed by atoms with Gasteiger partial charge in [0.15, 0.2) is 0 Å². The van der Waals surface area contributed by atoms with E-state index in [1.54, 1.807) is 6.08 Å². The van der Waals surface area contributed by atoms with Gasteiger partial charge in [0.25, 0.3) is 0 Å². The average molecular weight is 238 g/mol. The first kappa shape index (κ1) is 11.9. The largest absolute Gasteiger partial charge is 0.366 e. The van der Waals surface area contributed by atoms with E-state index < -0.39 is 5.91 Å². The van der Waals surface area contributed by atoms with Crippen LogP contribution in [0.5, 0.6) is 0 Å². The van der Waals surface area contributed by atoms with E-state index in [0.29, 0.717) is 0 Å². The molecule has 90 valence electrons. The van der Waals surface area contributed by atoms with E-state index in [1.807, 2.05) is 54.6 Å². The summed E-state index contributed by atoms with van der Waals surface area (Å²) in [6.45, 7) is 0. The quantitative estimate of drug-likeness (QED) is 0.805. The van der Waals surface area contributed by atoms with E-state index in [0.717, 1.165) is 16.9 Å². The Labute approximate surface area is 106 Å². The van der Waals surface area contributed by atoms with Crippen LogP contribution < -0.4 is 11.1 Å². The maximum absolute atomic E-state index is 10.6. The Hall–Kier alpha value is -2.55. The predicted molar refractivity (Wildman–Crippen MR) is 74.4 cm³/mol. The number of carbonyl (C=O) groups is 1. The molecule has 3 heteroatoms. The summed E-state index contributed by atoms with van der Waals surface area (Å²) in [5.41, 5.74) is 8.01. The van der Waals surface area contributed by atoms with E-state index in [9.17, 15) is 4.79 Å². The molecule has 2 aromatic rings. The first-order valence-corrected chi connectivity index (χ1v) is 5.64. The number of para-hydroxylation sites is 1. The molecule has 0 atom stereocenters. The summed E-state index contributed by atoms with van der Waals surface area (Å²) in [5.74, 6) is -0.443. The second-order valence-corrected chi connectivity index (χ2v) is 3.85. The van der Waals surface area contributed by atoms with Gasteiger partial charge in [-0.15, -0.1) is 0 Å². The van der Waals surface area contributed by atoms with Gasteiger partial charge in [0.2, 0.25) is 5.91 Å². The van der Waals surface area contributed by atoms with Gasteiger partial charge in [0.05, 0.1) is 0 Å². The van der Waals surface area contributed by atoms with E-state index in [2.05, 4.69) is 5.32 Å². The minimum Gasteiger partial charge on any atom is -0.366 e. The van der Waals surface area contributed by atoms with Crippen LogP contribution in [0.4, 0.5) is 11.4 Å². The number of carbonyl (C=O) groups excluding carboxylic acids is 1. The Morgan fingerprint density at radius 3 is 2.17 bits per heavy atom. The van der Waals surface area contributed by atoms with E-state index in [-0.39, 0.29) is 0 Å². The van der Waals surface area contributed by atoms with Gasteiger partial charge in [0.1, 0.15) is 0 Å². The summed E-state index contributed by atoms with van der Waals surface area (Å²) in [4.78, 5) is 10.6. The van der Waals surface area contributed by atoms with Gasteiger partial charge < -0.3 is 11.1 Å². The molecule has 0 aliphatic carbocycles. The summed E-state index contributed by atoms with van der Waals surface area (Å²) in [6, 6.07) is 17.7. The molecule has 2 aromatic carbocycles. The maximum Gasteiger partial charge on any atom is 0.241 e. The molecule has 0 aliphatic heterocycles. The van der Waals surface area contributed by atoms with Crippen molar-refractivity contribution in [3.8, 4) is 0 Å². The molecule has 0 bridgehead atoms. The predicted octanol–water partition coefficient (Wildman–Crippen LogP) is 2.93. The van der Waals surface area contributed by atoms with Crippen LogP contribution in [0.1, 0.15) is 5.56 Å². The molecule has 0 unspecified atom stereocenters. The van der Waals surface area contributed by atoms with Crippen molar-refractivity contribution in [1.29, 1.82) is 0 Å². The number of benzene rings is 2. The molecular formula is C15H14N2O. The minimum atomic E-state index is -0.443. The third kappa shape index (κ3) is 3.49. The number of nitrogens with two attached hydrogens (primary N) is 1. The summed E-state index contributed by atoms with van der Waals surface area (Å²) in [5, 5.41) is 3.28. The molecule has 0 fully saturated rings. The molecule has 0 aliphatic rings. The highest BCUT2D eigenvalue weighted by Crippen LogP contribution is 2.16. The van der Waals surface area contributed by atoms with Crippen molar-refractivity contribution >= 4 is 23.4 Å². The number of hydrogen-bond acceptors (Lipinski definition) is 2. The topological polar surface area (TPSA) is 55.1 Å². The molecule has 0 saturated heterocycles. The Bertz CT molecular complexity index is 544. The lowest BCUT2D eigenvalue weighted by Gasteiger charge is -2.06. The van der Waals surface area contributed by atoms with Crippen molar-refractivity contribution in [2.75, 3.05) is 5.32 Å². The first-order chi connectivity index (χ1) is 8.74. The third-order valence-electron chi connectivity index (χ3n) is 2.41. The van der Waals surface area contributed by atoms with Crippen LogP contribution in [0.15, 0.2) is 60.7 Å². The summed E-state index contributed by atoms with van der Waals surface area (Å²) < 4.78 is 0. The van der Waals surface area contributed by atoms with Crippen molar-refractivity contribution in [3.05, 3.63) is 66.2 Å². The number of rotatable bonds is 4. The fourth-order valence-electron chi connectivity index (χ4n) is 1.54. The van der Waals surface area contributed by atoms with Crippen molar-refractivity contribution in [1.82, 2.24) is 0 Å². The van der Waals surface area contributed by atoms with Crippen molar-refractivity contribution < 1.29 is 4.79 Å². The first-order valence-electron chi connectivity index (χ1n) is 5.64. The molecule has 0 saturated carbocycles. The zero-order chi connectivity index (χ0) is 12.8. The highest BCUT2D eigenvalue weighted by atomic mass is 16.1. The fraction of sp³-hybridized carbons (Fsp3) is 0. The molecule has 0 heterocycles. The second-order valence-electron chi connectivity index (χ2n) is 3.85. The highest BCUT2D eigenvalue weighted by Gasteiger charge is 1.94. The summed E-state index contributed by atoms with van der Waals surface area (Å²) in [6.07, 6.45) is 3.04. The zero-order valence-electron chi connectivity index (χ0n) is 9.84. The monoisotopic (exact) mass is 238 g/mol. The molecule has 0 spiro atoms. The molecule has 0 radical (unpaired) electrons. The van der Waals surface area contributed by atoms with Gasteiger partial charge in [-0.3, -0.25) is 4.79 Å². The van der Waals surface area contributed by atoms with Crippen molar-refractivity contribution in [2.45, 2.75) is 0 Å². The lowest BCUT2D eigenvalue weighted by molar-refractivity contribution is -0.113. The molecule has 1 amide bonds. The van der Waals surface area contributed by atoms with Crippen LogP contribution in [-0.2, 0) is 4.79 Å². The smallest absolute Gasteiger partial charge is 0.241 e. The lowest BCUT2D eigenvalue weighted by atomic mass is 10.2. The number of anilines is 2. The van der Waals surface area contributed by atoms with E-state index in [4.69, 9.17) is 5.73 Å². The third-order valence-corrected chi connectivity index (χ3v) is 2.41. The van der Waals surface area contributed by atoms with Crippen LogP contribution in [0.25, 0.3) is 6.08 Å². The van der Waals surface area contributed by atoms with Crippen LogP contribution in [0.3, 0.4) is 0 Å². The van der Waals surface area contributed by atoms with Crippen LogP contribution in [-0.4, -0.2) is 5.91 Å². The van der Waals surface area contributed by atoms with E-state index >= 15 is 0 Å². The molecule has 3 nitrogen and oxygen atoms in total. The van der Waals surface area contributed by atoms with Crippen molar-refractivity contribution in [2.24, 2.45) is 5.73 Å². The number of hydrogen-bond donors (Lipinski definition) is 2. The zero-order valence-corrected chi connectivity index (χ0v) is 9.84. The van der Waals surface area contributed by atoms with Gasteiger partial charge in [-0.05, 0) is 35.9 Å². The number of nitrogens with one attached hydrogen (secondary N) is 1.